The van der Waals surface area contributed by atoms with Crippen LogP contribution in [0, 0.1) is 12.7 Å². The highest BCUT2D eigenvalue weighted by atomic mass is 35.5. The number of benzene rings is 1. The van der Waals surface area contributed by atoms with E-state index in [-0.39, 0.29) is 24.6 Å². The van der Waals surface area contributed by atoms with Crippen LogP contribution < -0.4 is 5.73 Å². The topological polar surface area (TPSA) is 72.5 Å². The molecule has 4 nitrogen and oxygen atoms in total. The molecule has 3 N–H and O–H groups in total. The van der Waals surface area contributed by atoms with Crippen molar-refractivity contribution in [2.24, 2.45) is 5.73 Å². The van der Waals surface area contributed by atoms with Crippen molar-refractivity contribution in [2.75, 3.05) is 6.61 Å². The van der Waals surface area contributed by atoms with Crippen LogP contribution in [0.2, 0.25) is 0 Å². The van der Waals surface area contributed by atoms with Gasteiger partial charge in [-0.25, -0.2) is 9.18 Å². The highest BCUT2D eigenvalue weighted by molar-refractivity contribution is 5.85. The van der Waals surface area contributed by atoms with Crippen LogP contribution in [0.5, 0.6) is 5.75 Å². The van der Waals surface area contributed by atoms with Crippen LogP contribution in [0.15, 0.2) is 12.1 Å². The fourth-order valence-corrected chi connectivity index (χ4v) is 1.61. The smallest absolute Gasteiger partial charge is 0.379 e. The van der Waals surface area contributed by atoms with Crippen molar-refractivity contribution >= 4 is 18.4 Å². The fourth-order valence-electron chi connectivity index (χ4n) is 1.61. The summed E-state index contributed by atoms with van der Waals surface area (Å²) < 4.78 is 44.9. The molecular weight excluding hydrogens is 299 g/mol. The van der Waals surface area contributed by atoms with E-state index in [1.807, 2.05) is 0 Å². The van der Waals surface area contributed by atoms with Gasteiger partial charge in [-0.05, 0) is 25.5 Å². The molecule has 0 saturated heterocycles. The number of esters is 1. The van der Waals surface area contributed by atoms with Crippen LogP contribution >= 0.6 is 12.4 Å². The van der Waals surface area contributed by atoms with Crippen molar-refractivity contribution < 1.29 is 27.8 Å². The molecule has 0 aliphatic carbocycles. The molecule has 0 aliphatic rings. The molecule has 1 rings (SSSR count). The Bertz CT molecular complexity index is 497. The Morgan fingerprint density at radius 1 is 1.50 bits per heavy atom. The van der Waals surface area contributed by atoms with Crippen LogP contribution in [-0.2, 0) is 9.53 Å². The normalized spacial score (nSPS) is 12.5. The molecule has 114 valence electrons. The summed E-state index contributed by atoms with van der Waals surface area (Å²) in [7, 11) is 0. The van der Waals surface area contributed by atoms with Crippen LogP contribution in [0.4, 0.5) is 13.2 Å². The number of aryl methyl sites for hydroxylation is 1. The lowest BCUT2D eigenvalue weighted by Crippen LogP contribution is -2.42. The molecule has 8 heteroatoms. The number of aromatic hydroxyl groups is 1. The maximum absolute atomic E-state index is 13.7. The van der Waals surface area contributed by atoms with E-state index in [1.54, 1.807) is 0 Å². The predicted molar refractivity (Wildman–Crippen MR) is 68.6 cm³/mol. The molecular formula is C12H15ClF3NO3. The second kappa shape index (κ2) is 6.81. The Labute approximate surface area is 120 Å². The van der Waals surface area contributed by atoms with E-state index in [9.17, 15) is 23.1 Å². The van der Waals surface area contributed by atoms with Gasteiger partial charge in [0, 0.05) is 5.56 Å². The number of hydrogen-bond acceptors (Lipinski definition) is 4. The van der Waals surface area contributed by atoms with E-state index in [4.69, 9.17) is 5.73 Å². The number of rotatable bonds is 4. The average Bonchev–Trinajstić information content (AvgIpc) is 2.34. The molecule has 20 heavy (non-hydrogen) atoms. The van der Waals surface area contributed by atoms with Crippen molar-refractivity contribution in [2.45, 2.75) is 25.8 Å². The number of ether oxygens (including phenoxy) is 1. The maximum atomic E-state index is 13.7. The molecule has 0 unspecified atom stereocenters. The minimum absolute atomic E-state index is 0. The molecule has 1 aromatic rings. The summed E-state index contributed by atoms with van der Waals surface area (Å²) in [6.45, 7) is 2.50. The molecule has 0 fully saturated rings. The highest BCUT2D eigenvalue weighted by Crippen LogP contribution is 2.38. The second-order valence-electron chi connectivity index (χ2n) is 3.95. The molecule has 0 heterocycles. The number of phenolic OH excluding ortho intramolecular Hbond substituents is 1. The summed E-state index contributed by atoms with van der Waals surface area (Å²) in [5, 5.41) is 9.48. The zero-order chi connectivity index (χ0) is 14.8. The maximum Gasteiger partial charge on any atom is 0.379 e. The number of carbonyl (C=O) groups excluding carboxylic acids is 1. The van der Waals surface area contributed by atoms with Crippen LogP contribution in [-0.4, -0.2) is 23.6 Å². The van der Waals surface area contributed by atoms with Gasteiger partial charge in [0.05, 0.1) is 6.61 Å². The number of alkyl halides is 2. The number of phenols is 1. The van der Waals surface area contributed by atoms with Crippen LogP contribution in [0.3, 0.4) is 0 Å². The van der Waals surface area contributed by atoms with E-state index in [1.165, 1.54) is 19.9 Å². The minimum Gasteiger partial charge on any atom is -0.505 e. The van der Waals surface area contributed by atoms with Gasteiger partial charge in [0.25, 0.3) is 0 Å². The fraction of sp³-hybridized carbons (Fsp3) is 0.417. The van der Waals surface area contributed by atoms with Crippen molar-refractivity contribution in [3.8, 4) is 5.75 Å². The molecule has 0 aliphatic heterocycles. The number of nitrogens with two attached hydrogens (primary N) is 1. The lowest BCUT2D eigenvalue weighted by Gasteiger charge is -2.24. The van der Waals surface area contributed by atoms with Crippen molar-refractivity contribution in [1.29, 1.82) is 0 Å². The average molecular weight is 314 g/mol. The molecule has 0 amide bonds. The molecule has 1 atom stereocenters. The highest BCUT2D eigenvalue weighted by Gasteiger charge is 2.49. The second-order valence-corrected chi connectivity index (χ2v) is 3.95. The number of carbonyl (C=O) groups is 1. The predicted octanol–water partition coefficient (Wildman–Crippen LogP) is 2.46. The largest absolute Gasteiger partial charge is 0.505 e. The summed E-state index contributed by atoms with van der Waals surface area (Å²) in [6.07, 6.45) is 0. The molecule has 0 aromatic heterocycles. The van der Waals surface area contributed by atoms with Gasteiger partial charge in [-0.2, -0.15) is 8.78 Å². The summed E-state index contributed by atoms with van der Waals surface area (Å²) in [6, 6.07) is -0.0863. The molecule has 0 bridgehead atoms. The first-order chi connectivity index (χ1) is 8.73. The lowest BCUT2D eigenvalue weighted by molar-refractivity contribution is -0.174. The van der Waals surface area contributed by atoms with Crippen LogP contribution in [0.1, 0.15) is 24.1 Å². The molecule has 1 aromatic carbocycles. The Morgan fingerprint density at radius 3 is 2.55 bits per heavy atom. The van der Waals surface area contributed by atoms with Gasteiger partial charge < -0.3 is 15.6 Å². The SMILES string of the molecule is CCOC(=O)C(F)(F)[C@@H](N)c1c(C)ccc(F)c1O.Cl. The monoisotopic (exact) mass is 313 g/mol. The standard InChI is InChI=1S/C12H14F3NO3.ClH/c1-3-19-11(18)12(14,15)10(16)8-6(2)4-5-7(13)9(8)17;/h4-5,10,17H,3,16H2,1-2H3;1H/t10-;/m0./s1. The summed E-state index contributed by atoms with van der Waals surface area (Å²) in [4.78, 5) is 11.2. The van der Waals surface area contributed by atoms with Crippen molar-refractivity contribution in [3.63, 3.8) is 0 Å². The Kier molecular flexibility index (Phi) is 6.31. The van der Waals surface area contributed by atoms with E-state index in [0.717, 1.165) is 6.07 Å². The van der Waals surface area contributed by atoms with Gasteiger partial charge >= 0.3 is 11.9 Å². The lowest BCUT2D eigenvalue weighted by atomic mass is 9.95. The minimum atomic E-state index is -4.06. The number of hydrogen-bond donors (Lipinski definition) is 2. The Morgan fingerprint density at radius 2 is 2.05 bits per heavy atom. The summed E-state index contributed by atoms with van der Waals surface area (Å²) >= 11 is 0. The van der Waals surface area contributed by atoms with Gasteiger partial charge in [0.1, 0.15) is 6.04 Å². The van der Waals surface area contributed by atoms with Crippen LogP contribution in [0.25, 0.3) is 0 Å². The molecule has 0 saturated carbocycles. The van der Waals surface area contributed by atoms with Gasteiger partial charge in [-0.3, -0.25) is 0 Å². The first-order valence-corrected chi connectivity index (χ1v) is 5.52. The third-order valence-electron chi connectivity index (χ3n) is 2.64. The van der Waals surface area contributed by atoms with Gasteiger partial charge in [-0.15, -0.1) is 12.4 Å². The molecule has 0 radical (unpaired) electrons. The van der Waals surface area contributed by atoms with Crippen molar-refractivity contribution in [1.82, 2.24) is 0 Å². The van der Waals surface area contributed by atoms with Gasteiger partial charge in [-0.1, -0.05) is 6.07 Å². The Hall–Kier alpha value is -1.47. The zero-order valence-corrected chi connectivity index (χ0v) is 11.6. The van der Waals surface area contributed by atoms with Gasteiger partial charge in [0.2, 0.25) is 0 Å². The summed E-state index contributed by atoms with van der Waals surface area (Å²) in [5.74, 6) is -7.95. The number of halogens is 4. The van der Waals surface area contributed by atoms with Crippen molar-refractivity contribution in [3.05, 3.63) is 29.1 Å². The first-order valence-electron chi connectivity index (χ1n) is 5.52. The Balaban J connectivity index is 0.00000361. The third kappa shape index (κ3) is 3.34. The third-order valence-corrected chi connectivity index (χ3v) is 2.64. The van der Waals surface area contributed by atoms with E-state index < -0.39 is 35.1 Å². The quantitative estimate of drug-likeness (QED) is 0.838. The zero-order valence-electron chi connectivity index (χ0n) is 10.8. The van der Waals surface area contributed by atoms with Gasteiger partial charge in [0.15, 0.2) is 11.6 Å². The van der Waals surface area contributed by atoms with E-state index in [0.29, 0.717) is 0 Å². The van der Waals surface area contributed by atoms with E-state index >= 15 is 0 Å². The molecule has 0 spiro atoms. The van der Waals surface area contributed by atoms with E-state index in [2.05, 4.69) is 4.74 Å². The summed E-state index contributed by atoms with van der Waals surface area (Å²) in [5.41, 5.74) is 4.93. The first kappa shape index (κ1) is 18.5.